The Bertz CT molecular complexity index is 1140. The number of halogens is 1. The minimum Gasteiger partial charge on any atom is -0.494 e. The smallest absolute Gasteiger partial charge is 0.144 e. The number of hydrogen-bond acceptors (Lipinski definition) is 3. The topological polar surface area (TPSA) is 53.2 Å². The summed E-state index contributed by atoms with van der Waals surface area (Å²) in [7, 11) is 1.69. The van der Waals surface area contributed by atoms with E-state index in [4.69, 9.17) is 9.73 Å². The van der Waals surface area contributed by atoms with Crippen molar-refractivity contribution in [2.45, 2.75) is 13.8 Å². The van der Waals surface area contributed by atoms with Crippen molar-refractivity contribution in [3.63, 3.8) is 0 Å². The first-order chi connectivity index (χ1) is 11.5. The molecule has 0 unspecified atom stereocenters. The van der Waals surface area contributed by atoms with E-state index in [2.05, 4.69) is 64.0 Å². The zero-order valence-corrected chi connectivity index (χ0v) is 15.9. The van der Waals surface area contributed by atoms with Gasteiger partial charge in [-0.1, -0.05) is 0 Å². The highest BCUT2D eigenvalue weighted by molar-refractivity contribution is 9.11. The van der Waals surface area contributed by atoms with Crippen LogP contribution in [0.1, 0.15) is 17.0 Å². The molecule has 0 aliphatic carbocycles. The van der Waals surface area contributed by atoms with E-state index in [0.29, 0.717) is 0 Å². The Morgan fingerprint density at radius 2 is 2.04 bits per heavy atom. The fourth-order valence-corrected chi connectivity index (χ4v) is 4.35. The van der Waals surface area contributed by atoms with Crippen LogP contribution in [0.5, 0.6) is 5.75 Å². The molecule has 122 valence electrons. The third kappa shape index (κ3) is 2.65. The number of aromatic nitrogens is 2. The van der Waals surface area contributed by atoms with Crippen LogP contribution in [0.15, 0.2) is 27.0 Å². The maximum absolute atomic E-state index is 5.53. The molecular weight excluding hydrogens is 386 g/mol. The van der Waals surface area contributed by atoms with Gasteiger partial charge < -0.3 is 14.7 Å². The highest BCUT2D eigenvalue weighted by atomic mass is 79.9. The number of rotatable bonds is 2. The number of nitrogens with one attached hydrogen (secondary N) is 2. The molecule has 4 nitrogen and oxygen atoms in total. The lowest BCUT2D eigenvalue weighted by Gasteiger charge is -1.94. The van der Waals surface area contributed by atoms with E-state index in [0.717, 1.165) is 47.2 Å². The molecule has 3 aromatic rings. The molecule has 0 fully saturated rings. The molecule has 2 N–H and O–H groups in total. The highest BCUT2D eigenvalue weighted by Gasteiger charge is 2.08. The Balaban J connectivity index is 1.90. The fourth-order valence-electron chi connectivity index (χ4n) is 2.89. The molecule has 0 bridgehead atoms. The van der Waals surface area contributed by atoms with Crippen LogP contribution in [0, 0.1) is 13.8 Å². The van der Waals surface area contributed by atoms with Crippen LogP contribution in [0.2, 0.25) is 0 Å². The quantitative estimate of drug-likeness (QED) is 0.676. The summed E-state index contributed by atoms with van der Waals surface area (Å²) in [5.74, 6) is 0.809. The van der Waals surface area contributed by atoms with Gasteiger partial charge in [-0.3, -0.25) is 0 Å². The Kier molecular flexibility index (Phi) is 3.73. The molecule has 0 saturated carbocycles. The van der Waals surface area contributed by atoms with E-state index < -0.39 is 0 Å². The number of aryl methyl sites for hydroxylation is 2. The normalized spacial score (nSPS) is 16.1. The lowest BCUT2D eigenvalue weighted by Crippen LogP contribution is -2.12. The third-order valence-electron chi connectivity index (χ3n) is 4.01. The molecule has 6 heteroatoms. The van der Waals surface area contributed by atoms with Crippen molar-refractivity contribution in [1.82, 2.24) is 9.97 Å². The van der Waals surface area contributed by atoms with Crippen molar-refractivity contribution in [2.24, 2.45) is 4.99 Å². The largest absolute Gasteiger partial charge is 0.494 e. The van der Waals surface area contributed by atoms with Gasteiger partial charge in [-0.2, -0.15) is 0 Å². The second-order valence-electron chi connectivity index (χ2n) is 5.81. The molecule has 3 aromatic heterocycles. The van der Waals surface area contributed by atoms with Crippen molar-refractivity contribution < 1.29 is 4.74 Å². The second kappa shape index (κ2) is 5.79. The molecule has 0 saturated heterocycles. The summed E-state index contributed by atoms with van der Waals surface area (Å²) in [5.41, 5.74) is 4.37. The molecular formula is C18H16BrN3OS. The monoisotopic (exact) mass is 401 g/mol. The highest BCUT2D eigenvalue weighted by Crippen LogP contribution is 2.13. The van der Waals surface area contributed by atoms with Gasteiger partial charge in [0.25, 0.3) is 0 Å². The first-order valence-corrected chi connectivity index (χ1v) is 9.15. The lowest BCUT2D eigenvalue weighted by molar-refractivity contribution is 0.412. The third-order valence-corrected chi connectivity index (χ3v) is 5.56. The van der Waals surface area contributed by atoms with Crippen molar-refractivity contribution in [3.05, 3.63) is 59.5 Å². The number of nitrogens with zero attached hydrogens (tertiary/aromatic N) is 1. The summed E-state index contributed by atoms with van der Waals surface area (Å²) >= 11 is 5.14. The summed E-state index contributed by atoms with van der Waals surface area (Å²) in [6.07, 6.45) is 4.17. The summed E-state index contributed by atoms with van der Waals surface area (Å²) in [4.78, 5) is 11.5. The number of methoxy groups -OCH3 is 1. The maximum atomic E-state index is 5.53. The maximum Gasteiger partial charge on any atom is 0.144 e. The first kappa shape index (κ1) is 15.5. The summed E-state index contributed by atoms with van der Waals surface area (Å²) in [6.45, 7) is 4.15. The SMILES string of the molecule is COc1c/c(=C2\C=c3cc(Br)sc3=N2)[nH]/c1=C\c1[nH]c(C)cc1C. The number of thiophene rings is 1. The molecule has 0 radical (unpaired) electrons. The van der Waals surface area contributed by atoms with Crippen LogP contribution in [0.25, 0.3) is 17.8 Å². The number of fused-ring (bicyclic) bond motifs is 1. The zero-order valence-electron chi connectivity index (χ0n) is 13.5. The average molecular weight is 402 g/mol. The summed E-state index contributed by atoms with van der Waals surface area (Å²) < 4.78 is 7.67. The van der Waals surface area contributed by atoms with E-state index in [1.807, 2.05) is 6.07 Å². The number of aromatic amines is 2. The second-order valence-corrected chi connectivity index (χ2v) is 8.22. The van der Waals surface area contributed by atoms with E-state index >= 15 is 0 Å². The van der Waals surface area contributed by atoms with Crippen LogP contribution in [0.3, 0.4) is 0 Å². The lowest BCUT2D eigenvalue weighted by atomic mass is 10.2. The van der Waals surface area contributed by atoms with Gasteiger partial charge >= 0.3 is 0 Å². The van der Waals surface area contributed by atoms with Gasteiger partial charge in [0.2, 0.25) is 0 Å². The van der Waals surface area contributed by atoms with Gasteiger partial charge in [-0.15, -0.1) is 11.3 Å². The Morgan fingerprint density at radius 3 is 2.71 bits per heavy atom. The van der Waals surface area contributed by atoms with Gasteiger partial charge in [0, 0.05) is 22.7 Å². The molecule has 1 aliphatic heterocycles. The van der Waals surface area contributed by atoms with Gasteiger partial charge in [-0.05, 0) is 59.6 Å². The van der Waals surface area contributed by atoms with Crippen molar-refractivity contribution in [1.29, 1.82) is 0 Å². The summed E-state index contributed by atoms with van der Waals surface area (Å²) in [5, 5.41) is 3.04. The van der Waals surface area contributed by atoms with Gasteiger partial charge in [0.05, 0.1) is 27.3 Å². The molecule has 1 aliphatic rings. The minimum absolute atomic E-state index is 0.809. The van der Waals surface area contributed by atoms with Crippen LogP contribution < -0.4 is 25.3 Å². The van der Waals surface area contributed by atoms with Crippen LogP contribution in [0.4, 0.5) is 0 Å². The predicted molar refractivity (Wildman–Crippen MR) is 101 cm³/mol. The van der Waals surface area contributed by atoms with Gasteiger partial charge in [0.15, 0.2) is 0 Å². The standard InChI is InChI=1S/C18H16BrN3OS/c1-9-4-10(2)20-12(9)7-15-16(23-3)8-14(21-15)13-5-11-6-17(19)24-18(11)22-13/h4-8,20-21H,1-3H3/b14-13-,15-7-. The van der Waals surface area contributed by atoms with Crippen LogP contribution in [-0.4, -0.2) is 17.1 Å². The molecule has 0 spiro atoms. The average Bonchev–Trinajstić information content (AvgIpc) is 3.23. The molecule has 4 rings (SSSR count). The van der Waals surface area contributed by atoms with Crippen LogP contribution in [-0.2, 0) is 0 Å². The van der Waals surface area contributed by atoms with E-state index in [1.54, 1.807) is 18.4 Å². The Hall–Kier alpha value is -2.05. The number of H-pyrrole nitrogens is 2. The zero-order chi connectivity index (χ0) is 16.8. The van der Waals surface area contributed by atoms with Crippen molar-refractivity contribution in [2.75, 3.05) is 7.11 Å². The minimum atomic E-state index is 0.809. The van der Waals surface area contributed by atoms with E-state index in [9.17, 15) is 0 Å². The summed E-state index contributed by atoms with van der Waals surface area (Å²) in [6, 6.07) is 6.22. The van der Waals surface area contributed by atoms with Gasteiger partial charge in [-0.25, -0.2) is 4.99 Å². The first-order valence-electron chi connectivity index (χ1n) is 7.54. The Morgan fingerprint density at radius 1 is 1.21 bits per heavy atom. The molecule has 0 aromatic carbocycles. The molecule has 0 atom stereocenters. The van der Waals surface area contributed by atoms with Crippen molar-refractivity contribution in [3.8, 4) is 5.75 Å². The van der Waals surface area contributed by atoms with E-state index in [-0.39, 0.29) is 0 Å². The molecule has 24 heavy (non-hydrogen) atoms. The van der Waals surface area contributed by atoms with Crippen LogP contribution >= 0.6 is 27.3 Å². The molecule has 4 heterocycles. The predicted octanol–water partition coefficient (Wildman–Crippen LogP) is 1.84. The van der Waals surface area contributed by atoms with E-state index in [1.165, 1.54) is 5.56 Å². The fraction of sp³-hybridized carbons (Fsp3) is 0.167. The molecule has 0 amide bonds. The van der Waals surface area contributed by atoms with Gasteiger partial charge in [0.1, 0.15) is 10.4 Å². The number of hydrogen-bond donors (Lipinski definition) is 2. The number of ether oxygens (including phenoxy) is 1. The van der Waals surface area contributed by atoms with Crippen molar-refractivity contribution >= 4 is 45.1 Å². The Labute approximate surface area is 151 Å².